The summed E-state index contributed by atoms with van der Waals surface area (Å²) in [5.74, 6) is 2.72. The van der Waals surface area contributed by atoms with E-state index in [4.69, 9.17) is 0 Å². The molecule has 0 saturated carbocycles. The highest BCUT2D eigenvalue weighted by molar-refractivity contribution is 7.20. The molecule has 0 aliphatic carbocycles. The summed E-state index contributed by atoms with van der Waals surface area (Å²) < 4.78 is 4.36. The molecule has 0 radical (unpaired) electrons. The summed E-state index contributed by atoms with van der Waals surface area (Å²) in [7, 11) is 0. The summed E-state index contributed by atoms with van der Waals surface area (Å²) in [6.45, 7) is 9.05. The first kappa shape index (κ1) is 19.7. The fraction of sp³-hybridized carbons (Fsp3) is 0.636. The maximum atomic E-state index is 13.6. The number of carbonyl (C=O) groups excluding carboxylic acids is 1. The van der Waals surface area contributed by atoms with Gasteiger partial charge in [0.2, 0.25) is 0 Å². The van der Waals surface area contributed by atoms with Crippen LogP contribution >= 0.6 is 11.3 Å². The van der Waals surface area contributed by atoms with Gasteiger partial charge in [-0.2, -0.15) is 5.10 Å². The molecule has 5 heterocycles. The lowest BCUT2D eigenvalue weighted by Crippen LogP contribution is -2.31. The first-order chi connectivity index (χ1) is 14.5. The summed E-state index contributed by atoms with van der Waals surface area (Å²) in [5.41, 5.74) is 1.00. The largest absolute Gasteiger partial charge is 0.328 e. The van der Waals surface area contributed by atoms with Crippen LogP contribution in [0.3, 0.4) is 0 Å². The van der Waals surface area contributed by atoms with Crippen LogP contribution in [0.1, 0.15) is 79.0 Å². The van der Waals surface area contributed by atoms with Crippen LogP contribution in [0.15, 0.2) is 6.07 Å². The first-order valence-electron chi connectivity index (χ1n) is 11.2. The van der Waals surface area contributed by atoms with Gasteiger partial charge in [0.25, 0.3) is 5.91 Å². The average Bonchev–Trinajstić information content (AvgIpc) is 3.45. The summed E-state index contributed by atoms with van der Waals surface area (Å²) >= 11 is 1.58. The average molecular weight is 427 g/mol. The highest BCUT2D eigenvalue weighted by atomic mass is 32.1. The Morgan fingerprint density at radius 2 is 2.07 bits per heavy atom. The third kappa shape index (κ3) is 3.35. The Balaban J connectivity index is 1.45. The predicted molar refractivity (Wildman–Crippen MR) is 118 cm³/mol. The summed E-state index contributed by atoms with van der Waals surface area (Å²) in [6, 6.07) is 2.08. The Morgan fingerprint density at radius 3 is 2.90 bits per heavy atom. The van der Waals surface area contributed by atoms with Crippen LogP contribution in [-0.4, -0.2) is 41.9 Å². The fourth-order valence-corrected chi connectivity index (χ4v) is 5.99. The Kier molecular flexibility index (Phi) is 5.13. The SMILES string of the molecule is Cc1nn(CC(C)C)c2sc(C(=O)N3CCC[C@H]3c3nnc4n3CCCCC4)cc12. The monoisotopic (exact) mass is 426 g/mol. The second-order valence-electron chi connectivity index (χ2n) is 9.08. The molecule has 0 N–H and O–H groups in total. The van der Waals surface area contributed by atoms with Crippen LogP contribution in [0.5, 0.6) is 0 Å². The van der Waals surface area contributed by atoms with Gasteiger partial charge in [0, 0.05) is 31.4 Å². The van der Waals surface area contributed by atoms with E-state index < -0.39 is 0 Å². The summed E-state index contributed by atoms with van der Waals surface area (Å²) in [6.07, 6.45) is 6.57. The van der Waals surface area contributed by atoms with E-state index in [0.29, 0.717) is 5.92 Å². The topological polar surface area (TPSA) is 68.8 Å². The van der Waals surface area contributed by atoms with Crippen LogP contribution in [0, 0.1) is 12.8 Å². The maximum Gasteiger partial charge on any atom is 0.264 e. The van der Waals surface area contributed by atoms with Crippen LogP contribution in [-0.2, 0) is 19.5 Å². The van der Waals surface area contributed by atoms with Crippen molar-refractivity contribution in [3.8, 4) is 0 Å². The number of likely N-dealkylation sites (tertiary alicyclic amines) is 1. The van der Waals surface area contributed by atoms with Crippen molar-refractivity contribution in [1.29, 1.82) is 0 Å². The predicted octanol–water partition coefficient (Wildman–Crippen LogP) is 4.36. The van der Waals surface area contributed by atoms with Crippen molar-refractivity contribution in [1.82, 2.24) is 29.4 Å². The number of aryl methyl sites for hydroxylation is 2. The summed E-state index contributed by atoms with van der Waals surface area (Å²) in [5, 5.41) is 14.8. The quantitative estimate of drug-likeness (QED) is 0.622. The van der Waals surface area contributed by atoms with E-state index in [1.165, 1.54) is 19.3 Å². The van der Waals surface area contributed by atoms with Crippen molar-refractivity contribution < 1.29 is 4.79 Å². The minimum Gasteiger partial charge on any atom is -0.328 e. The molecule has 3 aromatic rings. The van der Waals surface area contributed by atoms with Gasteiger partial charge in [0.15, 0.2) is 5.82 Å². The number of carbonyl (C=O) groups is 1. The first-order valence-corrected chi connectivity index (χ1v) is 12.0. The molecule has 3 aromatic heterocycles. The van der Waals surface area contributed by atoms with Gasteiger partial charge >= 0.3 is 0 Å². The number of aromatic nitrogens is 5. The zero-order chi connectivity index (χ0) is 20.8. The smallest absolute Gasteiger partial charge is 0.264 e. The fourth-order valence-electron chi connectivity index (χ4n) is 4.86. The van der Waals surface area contributed by atoms with Gasteiger partial charge in [0.05, 0.1) is 16.6 Å². The van der Waals surface area contributed by atoms with Crippen molar-refractivity contribution in [3.63, 3.8) is 0 Å². The van der Waals surface area contributed by atoms with Crippen LogP contribution in [0.4, 0.5) is 0 Å². The lowest BCUT2D eigenvalue weighted by Gasteiger charge is -2.24. The van der Waals surface area contributed by atoms with Crippen molar-refractivity contribution >= 4 is 27.5 Å². The second kappa shape index (κ2) is 7.80. The summed E-state index contributed by atoms with van der Waals surface area (Å²) in [4.78, 5) is 17.5. The molecule has 160 valence electrons. The molecule has 7 nitrogen and oxygen atoms in total. The lowest BCUT2D eigenvalue weighted by atomic mass is 10.2. The number of hydrogen-bond donors (Lipinski definition) is 0. The molecule has 0 aromatic carbocycles. The molecule has 8 heteroatoms. The highest BCUT2D eigenvalue weighted by Gasteiger charge is 2.35. The van der Waals surface area contributed by atoms with E-state index in [-0.39, 0.29) is 11.9 Å². The normalized spacial score (nSPS) is 19.6. The van der Waals surface area contributed by atoms with Crippen LogP contribution in [0.2, 0.25) is 0 Å². The molecule has 0 bridgehead atoms. The maximum absolute atomic E-state index is 13.6. The zero-order valence-corrected chi connectivity index (χ0v) is 18.9. The molecule has 0 unspecified atom stereocenters. The molecule has 1 atom stereocenters. The van der Waals surface area contributed by atoms with E-state index in [1.54, 1.807) is 11.3 Å². The molecule has 30 heavy (non-hydrogen) atoms. The molecular formula is C22H30N6OS. The van der Waals surface area contributed by atoms with Gasteiger partial charge in [-0.1, -0.05) is 20.3 Å². The van der Waals surface area contributed by atoms with Gasteiger partial charge in [-0.3, -0.25) is 9.48 Å². The van der Waals surface area contributed by atoms with E-state index >= 15 is 0 Å². The standard InChI is InChI=1S/C22H30N6OS/c1-14(2)13-28-22-16(15(3)25-28)12-18(30-22)21(29)26-11-7-8-17(26)20-24-23-19-9-5-4-6-10-27(19)20/h12,14,17H,4-11,13H2,1-3H3/t17-/m0/s1. The zero-order valence-electron chi connectivity index (χ0n) is 18.1. The van der Waals surface area contributed by atoms with Crippen molar-refractivity contribution in [3.05, 3.63) is 28.3 Å². The van der Waals surface area contributed by atoms with Crippen molar-refractivity contribution in [2.45, 2.75) is 78.4 Å². The van der Waals surface area contributed by atoms with Gasteiger partial charge in [0.1, 0.15) is 10.7 Å². The number of rotatable bonds is 4. The number of amides is 1. The molecule has 0 spiro atoms. The molecule has 1 amide bonds. The molecule has 5 rings (SSSR count). The van der Waals surface area contributed by atoms with E-state index in [1.807, 2.05) is 17.9 Å². The molecule has 1 fully saturated rings. The van der Waals surface area contributed by atoms with E-state index in [2.05, 4.69) is 38.4 Å². The Labute approximate surface area is 181 Å². The highest BCUT2D eigenvalue weighted by Crippen LogP contribution is 2.36. The minimum atomic E-state index is 0.0373. The second-order valence-corrected chi connectivity index (χ2v) is 10.1. The number of fused-ring (bicyclic) bond motifs is 2. The Hall–Kier alpha value is -2.22. The number of hydrogen-bond acceptors (Lipinski definition) is 5. The lowest BCUT2D eigenvalue weighted by molar-refractivity contribution is 0.0732. The number of nitrogens with zero attached hydrogens (tertiary/aromatic N) is 6. The van der Waals surface area contributed by atoms with Crippen molar-refractivity contribution in [2.24, 2.45) is 5.92 Å². The van der Waals surface area contributed by atoms with Crippen molar-refractivity contribution in [2.75, 3.05) is 6.54 Å². The third-order valence-corrected chi connectivity index (χ3v) is 7.44. The molecule has 2 aliphatic heterocycles. The molecule has 2 aliphatic rings. The van der Waals surface area contributed by atoms with Gasteiger partial charge in [-0.25, -0.2) is 0 Å². The Morgan fingerprint density at radius 1 is 1.20 bits per heavy atom. The van der Waals surface area contributed by atoms with E-state index in [0.717, 1.165) is 71.3 Å². The Bertz CT molecular complexity index is 1080. The third-order valence-electron chi connectivity index (χ3n) is 6.31. The van der Waals surface area contributed by atoms with Gasteiger partial charge in [-0.15, -0.1) is 21.5 Å². The van der Waals surface area contributed by atoms with Gasteiger partial charge in [-0.05, 0) is 44.6 Å². The molecule has 1 saturated heterocycles. The van der Waals surface area contributed by atoms with Crippen LogP contribution < -0.4 is 0 Å². The molecular weight excluding hydrogens is 396 g/mol. The minimum absolute atomic E-state index is 0.0373. The van der Waals surface area contributed by atoms with Gasteiger partial charge < -0.3 is 9.47 Å². The number of thiophene rings is 1. The van der Waals surface area contributed by atoms with Crippen LogP contribution in [0.25, 0.3) is 10.2 Å². The van der Waals surface area contributed by atoms with E-state index in [9.17, 15) is 4.79 Å².